The molecule has 5 heterocycles. The Morgan fingerprint density at radius 3 is 2.93 bits per heavy atom. The first-order valence-corrected chi connectivity index (χ1v) is 10.8. The Morgan fingerprint density at radius 1 is 1.15 bits per heavy atom. The number of aromatic nitrogens is 2. The molecule has 0 amide bonds. The van der Waals surface area contributed by atoms with Crippen molar-refractivity contribution in [3.05, 3.63) is 90.3 Å². The summed E-state index contributed by atoms with van der Waals surface area (Å²) in [6, 6.07) is 14.3. The third-order valence-electron chi connectivity index (χ3n) is 5.18. The van der Waals surface area contributed by atoms with Crippen LogP contribution in [0.2, 0.25) is 0 Å². The highest BCUT2D eigenvalue weighted by Gasteiger charge is 2.30. The van der Waals surface area contributed by atoms with Crippen molar-refractivity contribution < 1.29 is 0 Å². The van der Waals surface area contributed by atoms with Gasteiger partial charge in [0.2, 0.25) is 0 Å². The minimum absolute atomic E-state index is 0.00555. The molecular formula is C21H19N3OS2. The second-order valence-electron chi connectivity index (χ2n) is 6.88. The largest absolute Gasteiger partial charge is 0.285 e. The van der Waals surface area contributed by atoms with Gasteiger partial charge in [-0.05, 0) is 53.9 Å². The molecular weight excluding hydrogens is 374 g/mol. The van der Waals surface area contributed by atoms with E-state index in [1.807, 2.05) is 36.5 Å². The van der Waals surface area contributed by atoms with Gasteiger partial charge in [0.1, 0.15) is 5.65 Å². The van der Waals surface area contributed by atoms with Crippen LogP contribution in [0.3, 0.4) is 0 Å². The average molecular weight is 394 g/mol. The number of pyridine rings is 1. The summed E-state index contributed by atoms with van der Waals surface area (Å²) in [5.41, 5.74) is 3.87. The van der Waals surface area contributed by atoms with Crippen LogP contribution >= 0.6 is 22.7 Å². The lowest BCUT2D eigenvalue weighted by atomic mass is 9.98. The molecule has 27 heavy (non-hydrogen) atoms. The van der Waals surface area contributed by atoms with E-state index in [0.29, 0.717) is 6.54 Å². The third kappa shape index (κ3) is 2.94. The number of hydrogen-bond acceptors (Lipinski definition) is 5. The normalized spacial score (nSPS) is 17.3. The molecule has 136 valence electrons. The fraction of sp³-hybridized carbons (Fsp3) is 0.238. The maximum atomic E-state index is 12.6. The topological polar surface area (TPSA) is 37.6 Å². The molecule has 0 radical (unpaired) electrons. The van der Waals surface area contributed by atoms with Gasteiger partial charge >= 0.3 is 0 Å². The maximum Gasteiger partial charge on any atom is 0.258 e. The second kappa shape index (κ2) is 6.71. The highest BCUT2D eigenvalue weighted by atomic mass is 32.1. The molecule has 4 aromatic rings. The Kier molecular flexibility index (Phi) is 4.19. The van der Waals surface area contributed by atoms with Gasteiger partial charge in [-0.15, -0.1) is 22.7 Å². The average Bonchev–Trinajstić information content (AvgIpc) is 3.33. The molecule has 5 rings (SSSR count). The summed E-state index contributed by atoms with van der Waals surface area (Å²) >= 11 is 3.64. The molecule has 6 heteroatoms. The Morgan fingerprint density at radius 2 is 2.07 bits per heavy atom. The highest BCUT2D eigenvalue weighted by Crippen LogP contribution is 2.39. The number of rotatable bonds is 3. The van der Waals surface area contributed by atoms with Gasteiger partial charge in [0, 0.05) is 34.6 Å². The monoisotopic (exact) mass is 393 g/mol. The van der Waals surface area contributed by atoms with Gasteiger partial charge in [0.15, 0.2) is 0 Å². The Bertz CT molecular complexity index is 1160. The van der Waals surface area contributed by atoms with Crippen LogP contribution in [0.5, 0.6) is 0 Å². The predicted octanol–water partition coefficient (Wildman–Crippen LogP) is 4.27. The van der Waals surface area contributed by atoms with E-state index in [0.717, 1.165) is 30.0 Å². The Balaban J connectivity index is 1.55. The molecule has 1 aliphatic heterocycles. The van der Waals surface area contributed by atoms with E-state index in [4.69, 9.17) is 4.98 Å². The van der Waals surface area contributed by atoms with Crippen LogP contribution in [0.15, 0.2) is 58.0 Å². The van der Waals surface area contributed by atoms with Crippen LogP contribution in [-0.4, -0.2) is 20.8 Å². The van der Waals surface area contributed by atoms with Crippen molar-refractivity contribution in [2.75, 3.05) is 6.54 Å². The van der Waals surface area contributed by atoms with Crippen LogP contribution < -0.4 is 5.56 Å². The van der Waals surface area contributed by atoms with Crippen molar-refractivity contribution in [2.24, 2.45) is 0 Å². The van der Waals surface area contributed by atoms with Crippen LogP contribution in [0.4, 0.5) is 0 Å². The van der Waals surface area contributed by atoms with E-state index in [2.05, 4.69) is 33.9 Å². The lowest BCUT2D eigenvalue weighted by Gasteiger charge is -2.35. The fourth-order valence-corrected chi connectivity index (χ4v) is 5.75. The van der Waals surface area contributed by atoms with E-state index in [-0.39, 0.29) is 11.6 Å². The molecule has 0 bridgehead atoms. The van der Waals surface area contributed by atoms with Gasteiger partial charge in [0.05, 0.1) is 11.7 Å². The molecule has 0 aliphatic carbocycles. The summed E-state index contributed by atoms with van der Waals surface area (Å²) in [6.45, 7) is 3.59. The first kappa shape index (κ1) is 16.9. The molecule has 0 aromatic carbocycles. The number of hydrogen-bond donors (Lipinski definition) is 0. The molecule has 0 saturated carbocycles. The number of thiophene rings is 2. The van der Waals surface area contributed by atoms with Gasteiger partial charge in [-0.2, -0.15) is 0 Å². The van der Waals surface area contributed by atoms with Crippen LogP contribution in [-0.2, 0) is 13.0 Å². The molecule has 1 atom stereocenters. The van der Waals surface area contributed by atoms with Crippen molar-refractivity contribution in [2.45, 2.75) is 25.9 Å². The summed E-state index contributed by atoms with van der Waals surface area (Å²) < 4.78 is 1.67. The predicted molar refractivity (Wildman–Crippen MR) is 111 cm³/mol. The zero-order valence-electron chi connectivity index (χ0n) is 15.0. The van der Waals surface area contributed by atoms with E-state index in [9.17, 15) is 4.79 Å². The van der Waals surface area contributed by atoms with E-state index < -0.39 is 0 Å². The van der Waals surface area contributed by atoms with Gasteiger partial charge in [-0.3, -0.25) is 14.1 Å². The first-order valence-electron chi connectivity index (χ1n) is 9.03. The SMILES string of the molecule is Cc1cccc2nc(CN3CCc4sccc4[C@@H]3c3cccs3)cc(=O)n12. The lowest BCUT2D eigenvalue weighted by molar-refractivity contribution is 0.206. The maximum absolute atomic E-state index is 12.6. The summed E-state index contributed by atoms with van der Waals surface area (Å²) in [4.78, 5) is 22.7. The fourth-order valence-electron chi connectivity index (χ4n) is 3.97. The zero-order valence-corrected chi connectivity index (χ0v) is 16.6. The van der Waals surface area contributed by atoms with Crippen LogP contribution in [0.1, 0.15) is 32.7 Å². The van der Waals surface area contributed by atoms with Crippen LogP contribution in [0.25, 0.3) is 5.65 Å². The smallest absolute Gasteiger partial charge is 0.258 e. The molecule has 4 aromatic heterocycles. The molecule has 0 spiro atoms. The standard InChI is InChI=1S/C21H19N3OS2/c1-14-4-2-6-19-22-15(12-20(25)24(14)19)13-23-9-7-17-16(8-11-27-17)21(23)18-5-3-10-26-18/h2-6,8,10-12,21H,7,9,13H2,1H3/t21-/m1/s1. The lowest BCUT2D eigenvalue weighted by Crippen LogP contribution is -2.35. The molecule has 0 N–H and O–H groups in total. The molecule has 1 aliphatic rings. The minimum Gasteiger partial charge on any atom is -0.285 e. The van der Waals surface area contributed by atoms with E-state index in [1.165, 1.54) is 15.3 Å². The minimum atomic E-state index is -0.00555. The van der Waals surface area contributed by atoms with Crippen molar-refractivity contribution in [3.63, 3.8) is 0 Å². The highest BCUT2D eigenvalue weighted by molar-refractivity contribution is 7.10. The number of fused-ring (bicyclic) bond motifs is 2. The first-order chi connectivity index (χ1) is 13.2. The Hall–Kier alpha value is -2.28. The van der Waals surface area contributed by atoms with Gasteiger partial charge in [-0.1, -0.05) is 12.1 Å². The van der Waals surface area contributed by atoms with E-state index in [1.54, 1.807) is 21.8 Å². The van der Waals surface area contributed by atoms with Crippen molar-refractivity contribution in [3.8, 4) is 0 Å². The zero-order chi connectivity index (χ0) is 18.4. The van der Waals surface area contributed by atoms with Crippen molar-refractivity contribution in [1.29, 1.82) is 0 Å². The summed E-state index contributed by atoms with van der Waals surface area (Å²) in [6.07, 6.45) is 1.06. The second-order valence-corrected chi connectivity index (χ2v) is 8.86. The summed E-state index contributed by atoms with van der Waals surface area (Å²) in [5.74, 6) is 0. The van der Waals surface area contributed by atoms with Crippen LogP contribution in [0, 0.1) is 6.92 Å². The number of aryl methyl sites for hydroxylation is 1. The molecule has 4 nitrogen and oxygen atoms in total. The van der Waals surface area contributed by atoms with Crippen molar-refractivity contribution >= 4 is 28.3 Å². The quantitative estimate of drug-likeness (QED) is 0.522. The van der Waals surface area contributed by atoms with Crippen molar-refractivity contribution in [1.82, 2.24) is 14.3 Å². The Labute approximate surface area is 165 Å². The summed E-state index contributed by atoms with van der Waals surface area (Å²) in [7, 11) is 0. The van der Waals surface area contributed by atoms with E-state index >= 15 is 0 Å². The van der Waals surface area contributed by atoms with Gasteiger partial charge < -0.3 is 0 Å². The van der Waals surface area contributed by atoms with Gasteiger partial charge in [0.25, 0.3) is 5.56 Å². The molecule has 0 saturated heterocycles. The third-order valence-corrected chi connectivity index (χ3v) is 7.10. The summed E-state index contributed by atoms with van der Waals surface area (Å²) in [5, 5.41) is 4.33. The molecule has 0 fully saturated rings. The molecule has 0 unspecified atom stereocenters. The number of nitrogens with zero attached hydrogens (tertiary/aromatic N) is 3. The van der Waals surface area contributed by atoms with Gasteiger partial charge in [-0.25, -0.2) is 4.98 Å².